The highest BCUT2D eigenvalue weighted by Crippen LogP contribution is 2.26. The Kier molecular flexibility index (Phi) is 6.04. The maximum Gasteiger partial charge on any atom is 0.150 e. The van der Waals surface area contributed by atoms with Crippen molar-refractivity contribution in [3.8, 4) is 0 Å². The fourth-order valence-corrected chi connectivity index (χ4v) is 3.86. The average molecular weight is 278 g/mol. The van der Waals surface area contributed by atoms with E-state index in [2.05, 4.69) is 4.90 Å². The third kappa shape index (κ3) is 4.84. The molecule has 1 aliphatic rings. The van der Waals surface area contributed by atoms with Gasteiger partial charge < -0.3 is 15.4 Å². The van der Waals surface area contributed by atoms with Crippen LogP contribution in [0.4, 0.5) is 0 Å². The number of hydrogen-bond acceptors (Lipinski definition) is 5. The van der Waals surface area contributed by atoms with Crippen molar-refractivity contribution in [2.75, 3.05) is 33.6 Å². The van der Waals surface area contributed by atoms with Crippen molar-refractivity contribution in [1.29, 1.82) is 0 Å². The maximum atomic E-state index is 11.6. The quantitative estimate of drug-likeness (QED) is 0.754. The van der Waals surface area contributed by atoms with Gasteiger partial charge in [0, 0.05) is 32.0 Å². The first kappa shape index (κ1) is 15.9. The van der Waals surface area contributed by atoms with E-state index in [0.29, 0.717) is 12.6 Å². The molecule has 0 saturated heterocycles. The second-order valence-electron chi connectivity index (χ2n) is 5.43. The highest BCUT2D eigenvalue weighted by molar-refractivity contribution is 7.91. The zero-order valence-corrected chi connectivity index (χ0v) is 12.4. The van der Waals surface area contributed by atoms with Gasteiger partial charge in [-0.25, -0.2) is 8.42 Å². The molecule has 1 rings (SSSR count). The topological polar surface area (TPSA) is 72.6 Å². The van der Waals surface area contributed by atoms with Crippen LogP contribution in [0.2, 0.25) is 0 Å². The van der Waals surface area contributed by atoms with E-state index in [-0.39, 0.29) is 11.3 Å². The van der Waals surface area contributed by atoms with Crippen molar-refractivity contribution >= 4 is 9.84 Å². The lowest BCUT2D eigenvalue weighted by molar-refractivity contribution is 0.134. The van der Waals surface area contributed by atoms with E-state index < -0.39 is 9.84 Å². The number of hydrogen-bond donors (Lipinski definition) is 1. The van der Waals surface area contributed by atoms with Crippen LogP contribution < -0.4 is 5.73 Å². The second-order valence-corrected chi connectivity index (χ2v) is 7.75. The molecule has 1 aliphatic carbocycles. The molecule has 0 aromatic carbocycles. The number of likely N-dealkylation sites (N-methyl/N-ethyl adjacent to an activating group) is 1. The number of ether oxygens (including phenoxy) is 1. The van der Waals surface area contributed by atoms with E-state index in [1.165, 1.54) is 6.26 Å². The predicted octanol–water partition coefficient (Wildman–Crippen LogP) is 0.248. The summed E-state index contributed by atoms with van der Waals surface area (Å²) < 4.78 is 28.3. The highest BCUT2D eigenvalue weighted by atomic mass is 32.2. The van der Waals surface area contributed by atoms with Crippen LogP contribution in [-0.2, 0) is 14.6 Å². The Balaban J connectivity index is 2.50. The number of methoxy groups -OCH3 is 1. The monoisotopic (exact) mass is 278 g/mol. The summed E-state index contributed by atoms with van der Waals surface area (Å²) in [6.45, 7) is 1.28. The molecule has 1 saturated carbocycles. The van der Waals surface area contributed by atoms with Gasteiger partial charge in [-0.3, -0.25) is 0 Å². The van der Waals surface area contributed by atoms with Gasteiger partial charge in [0.2, 0.25) is 0 Å². The van der Waals surface area contributed by atoms with Gasteiger partial charge in [-0.15, -0.1) is 0 Å². The summed E-state index contributed by atoms with van der Waals surface area (Å²) in [5.41, 5.74) is 5.93. The van der Waals surface area contributed by atoms with Crippen molar-refractivity contribution < 1.29 is 13.2 Å². The van der Waals surface area contributed by atoms with E-state index >= 15 is 0 Å². The summed E-state index contributed by atoms with van der Waals surface area (Å²) in [6, 6.07) is 0.306. The van der Waals surface area contributed by atoms with Gasteiger partial charge in [-0.2, -0.15) is 0 Å². The molecule has 0 aromatic rings. The van der Waals surface area contributed by atoms with Crippen LogP contribution in [0.25, 0.3) is 0 Å². The van der Waals surface area contributed by atoms with E-state index in [1.807, 2.05) is 7.05 Å². The Morgan fingerprint density at radius 2 is 2.11 bits per heavy atom. The molecule has 108 valence electrons. The van der Waals surface area contributed by atoms with Crippen LogP contribution >= 0.6 is 0 Å². The molecular formula is C12H26N2O3S. The lowest BCUT2D eigenvalue weighted by atomic mass is 9.93. The number of rotatable bonds is 6. The van der Waals surface area contributed by atoms with E-state index in [9.17, 15) is 8.42 Å². The molecule has 0 aromatic heterocycles. The minimum Gasteiger partial charge on any atom is -0.383 e. The first-order valence-corrected chi connectivity index (χ1v) is 8.43. The van der Waals surface area contributed by atoms with Gasteiger partial charge in [0.1, 0.15) is 9.84 Å². The lowest BCUT2D eigenvalue weighted by Crippen LogP contribution is -2.46. The Morgan fingerprint density at radius 3 is 2.67 bits per heavy atom. The van der Waals surface area contributed by atoms with Crippen LogP contribution in [0.1, 0.15) is 25.7 Å². The molecule has 0 radical (unpaired) electrons. The molecule has 6 heteroatoms. The molecule has 0 aliphatic heterocycles. The van der Waals surface area contributed by atoms with E-state index in [1.54, 1.807) is 7.11 Å². The average Bonchev–Trinajstić information content (AvgIpc) is 2.28. The standard InChI is InChI=1S/C12H26N2O3S/c1-14(8-10(13)9-17-2)11-5-4-6-12(7-11)18(3,15)16/h10-12H,4-9,13H2,1-3H3. The third-order valence-electron chi connectivity index (χ3n) is 3.73. The fourth-order valence-electron chi connectivity index (χ4n) is 2.70. The molecule has 18 heavy (non-hydrogen) atoms. The second kappa shape index (κ2) is 6.84. The lowest BCUT2D eigenvalue weighted by Gasteiger charge is -2.35. The molecular weight excluding hydrogens is 252 g/mol. The van der Waals surface area contributed by atoms with Crippen LogP contribution in [-0.4, -0.2) is 64.2 Å². The Hall–Kier alpha value is -0.170. The largest absolute Gasteiger partial charge is 0.383 e. The molecule has 3 atom stereocenters. The summed E-state index contributed by atoms with van der Waals surface area (Å²) in [4.78, 5) is 2.18. The summed E-state index contributed by atoms with van der Waals surface area (Å²) in [7, 11) is 0.744. The van der Waals surface area contributed by atoms with Crippen molar-refractivity contribution in [1.82, 2.24) is 4.90 Å². The summed E-state index contributed by atoms with van der Waals surface area (Å²) in [5, 5.41) is -0.183. The predicted molar refractivity (Wildman–Crippen MR) is 73.4 cm³/mol. The molecule has 0 heterocycles. The first-order valence-electron chi connectivity index (χ1n) is 6.48. The van der Waals surface area contributed by atoms with Crippen LogP contribution in [0.5, 0.6) is 0 Å². The zero-order valence-electron chi connectivity index (χ0n) is 11.6. The molecule has 2 N–H and O–H groups in total. The summed E-state index contributed by atoms with van der Waals surface area (Å²) in [6.07, 6.45) is 4.91. The minimum atomic E-state index is -2.91. The number of sulfone groups is 1. The van der Waals surface area contributed by atoms with Crippen molar-refractivity contribution in [2.45, 2.75) is 43.0 Å². The maximum absolute atomic E-state index is 11.6. The van der Waals surface area contributed by atoms with Gasteiger partial charge in [-0.1, -0.05) is 6.42 Å². The molecule has 1 fully saturated rings. The van der Waals surface area contributed by atoms with Gasteiger partial charge in [0.15, 0.2) is 0 Å². The molecule has 3 unspecified atom stereocenters. The van der Waals surface area contributed by atoms with Crippen LogP contribution in [0, 0.1) is 0 Å². The SMILES string of the molecule is COCC(N)CN(C)C1CCCC(S(C)(=O)=O)C1. The third-order valence-corrected chi connectivity index (χ3v) is 5.37. The van der Waals surface area contributed by atoms with Crippen molar-refractivity contribution in [3.63, 3.8) is 0 Å². The zero-order chi connectivity index (χ0) is 13.8. The van der Waals surface area contributed by atoms with Gasteiger partial charge in [-0.05, 0) is 26.3 Å². The van der Waals surface area contributed by atoms with Crippen LogP contribution in [0.3, 0.4) is 0 Å². The van der Waals surface area contributed by atoms with Crippen molar-refractivity contribution in [3.05, 3.63) is 0 Å². The molecule has 0 amide bonds. The Labute approximate surface area is 111 Å². The van der Waals surface area contributed by atoms with E-state index in [0.717, 1.165) is 32.2 Å². The molecule has 0 spiro atoms. The summed E-state index contributed by atoms with van der Waals surface area (Å²) in [5.74, 6) is 0. The highest BCUT2D eigenvalue weighted by Gasteiger charge is 2.30. The number of nitrogens with zero attached hydrogens (tertiary/aromatic N) is 1. The first-order chi connectivity index (χ1) is 8.34. The van der Waals surface area contributed by atoms with Gasteiger partial charge >= 0.3 is 0 Å². The van der Waals surface area contributed by atoms with Gasteiger partial charge in [0.05, 0.1) is 11.9 Å². The fraction of sp³-hybridized carbons (Fsp3) is 1.00. The molecule has 0 bridgehead atoms. The van der Waals surface area contributed by atoms with Crippen LogP contribution in [0.15, 0.2) is 0 Å². The van der Waals surface area contributed by atoms with Crippen molar-refractivity contribution in [2.24, 2.45) is 5.73 Å². The Morgan fingerprint density at radius 1 is 1.44 bits per heavy atom. The van der Waals surface area contributed by atoms with Gasteiger partial charge in [0.25, 0.3) is 0 Å². The van der Waals surface area contributed by atoms with E-state index in [4.69, 9.17) is 10.5 Å². The molecule has 5 nitrogen and oxygen atoms in total. The summed E-state index contributed by atoms with van der Waals surface area (Å²) >= 11 is 0. The smallest absolute Gasteiger partial charge is 0.150 e. The Bertz CT molecular complexity index is 345. The number of nitrogens with two attached hydrogens (primary N) is 1. The normalized spacial score (nSPS) is 27.4. The minimum absolute atomic E-state index is 0.0152.